The minimum absolute atomic E-state index is 0.0240. The zero-order valence-corrected chi connectivity index (χ0v) is 77.0. The SMILES string of the molecule is CC(c1ccc(-c2cnc3[nH]cc(-c4cccc5c4OC(F)(F)O5)c3c2)s1)N1CCCCC1.CC(c1ccc(-c2cnc3[nH]cc(-c4cccc5c4OC(F)(F)O5)c3c2)s1)N1CCN(C)CC1.CC(c1ccc(-c2cnc3[nH]cc(-c4cccc5c4OC(F)(F)O5)c3c2)s1)N1CCOCC1.CC1CCN(C(C)c2ccc(-c3cnc4[nH]cc(-c5cccc6c5OC(F)(F)O6)c4c3)s2)CC1. The summed E-state index contributed by atoms with van der Waals surface area (Å²) in [7, 11) is 2.16. The molecule has 0 amide bonds. The van der Waals surface area contributed by atoms with Crippen LogP contribution in [0.5, 0.6) is 46.0 Å². The van der Waals surface area contributed by atoms with Crippen LogP contribution in [0.25, 0.3) is 130 Å². The summed E-state index contributed by atoms with van der Waals surface area (Å²) in [5, 5.41) is 3.36. The van der Waals surface area contributed by atoms with Crippen molar-refractivity contribution in [3.05, 3.63) is 215 Å². The molecular weight excluding hydrogens is 1810 g/mol. The third kappa shape index (κ3) is 17.9. The molecule has 0 aliphatic carbocycles. The molecule has 4 saturated heterocycles. The van der Waals surface area contributed by atoms with Gasteiger partial charge in [-0.3, -0.25) is 19.6 Å². The number of halogens is 8. The highest BCUT2D eigenvalue weighted by atomic mass is 32.1. The normalized spacial score (nSPS) is 18.9. The maximum absolute atomic E-state index is 13.7. The number of rotatable bonds is 16. The number of hydrogen-bond acceptors (Lipinski definition) is 22. The molecule has 4 unspecified atom stereocenters. The van der Waals surface area contributed by atoms with Crippen molar-refractivity contribution in [2.75, 3.05) is 85.7 Å². The molecule has 8 aliphatic rings. The fourth-order valence-electron chi connectivity index (χ4n) is 18.7. The van der Waals surface area contributed by atoms with E-state index < -0.39 is 25.2 Å². The first-order valence-corrected chi connectivity index (χ1v) is 48.1. The van der Waals surface area contributed by atoms with E-state index in [1.54, 1.807) is 119 Å². The van der Waals surface area contributed by atoms with Crippen molar-refractivity contribution in [2.24, 2.45) is 5.92 Å². The van der Waals surface area contributed by atoms with Gasteiger partial charge in [0, 0.05) is 240 Å². The van der Waals surface area contributed by atoms with E-state index >= 15 is 0 Å². The van der Waals surface area contributed by atoms with Crippen LogP contribution >= 0.6 is 45.3 Å². The van der Waals surface area contributed by atoms with Gasteiger partial charge in [0.1, 0.15) is 22.6 Å². The Hall–Kier alpha value is -12.0. The van der Waals surface area contributed by atoms with Crippen LogP contribution in [0.3, 0.4) is 0 Å². The van der Waals surface area contributed by atoms with Gasteiger partial charge in [0.15, 0.2) is 46.0 Å². The Morgan fingerprint density at radius 2 is 0.604 bits per heavy atom. The number of alkyl halides is 8. The highest BCUT2D eigenvalue weighted by Gasteiger charge is 2.49. The van der Waals surface area contributed by atoms with Crippen LogP contribution in [0.2, 0.25) is 0 Å². The highest BCUT2D eigenvalue weighted by Crippen LogP contribution is 2.55. The van der Waals surface area contributed by atoms with E-state index in [1.165, 1.54) is 75.9 Å². The standard InChI is InChI=1S/C26H25F2N3O2S.C25H24F2N4O2S.C25H23F2N3O2S.C24H21F2N3O3S/c1-15-8-10-31(11-9-15)16(2)22-6-7-23(34-22)17-12-19-20(14-30-25(19)29-13-17)18-4-3-5-21-24(18)33-26(27,28)32-21;1-15(31-10-8-30(2)9-11-31)21-6-7-22(34-21)16-12-18-19(14-29-24(18)28-13-16)17-4-3-5-20-23(17)33-25(26,27)32-20;1-15(30-10-3-2-4-11-30)21-8-9-22(33-21)16-12-18-19(14-29-24(18)28-13-16)17-6-5-7-20-23(17)32-25(26,27)31-20;1-14(29-7-9-30-10-8-29)20-5-6-21(33-20)15-11-17-18(13-28-23(17)27-12-15)16-3-2-4-19-22(16)32-24(25,26)31-19/h3-7,12-16H,8-11H2,1-2H3,(H,29,30);3-7,12-15H,8-11H2,1-2H3,(H,28,29);5-9,12-15H,2-4,10-11H2,1H3,(H,28,29);2-6,11-14H,7-10H2,1H3,(H,27,28). The number of benzene rings is 4. The fraction of sp³-hybridized carbons (Fsp3) is 0.320. The number of H-pyrrole nitrogens is 4. The molecule has 34 heteroatoms. The predicted octanol–water partition coefficient (Wildman–Crippen LogP) is 25.2. The van der Waals surface area contributed by atoms with E-state index in [2.05, 4.69) is 192 Å². The molecule has 0 bridgehead atoms. The average Bonchev–Trinajstić information content (AvgIpc) is 1.62. The first kappa shape index (κ1) is 88.6. The van der Waals surface area contributed by atoms with Crippen LogP contribution in [-0.4, -0.2) is 175 Å². The Kier molecular flexibility index (Phi) is 23.8. The van der Waals surface area contributed by atoms with E-state index in [0.29, 0.717) is 69.0 Å². The lowest BCUT2D eigenvalue weighted by Crippen LogP contribution is -2.45. The van der Waals surface area contributed by atoms with Crippen LogP contribution in [0.4, 0.5) is 35.1 Å². The number of aromatic nitrogens is 8. The maximum atomic E-state index is 13.7. The summed E-state index contributed by atoms with van der Waals surface area (Å²) in [6.45, 7) is 23.7. The number of nitrogens with one attached hydrogen (secondary N) is 4. The Bertz CT molecular complexity index is 6610. The van der Waals surface area contributed by atoms with Crippen LogP contribution < -0.4 is 37.9 Å². The van der Waals surface area contributed by atoms with Crippen molar-refractivity contribution in [2.45, 2.75) is 116 Å². The fourth-order valence-corrected chi connectivity index (χ4v) is 23.0. The predicted molar refractivity (Wildman–Crippen MR) is 505 cm³/mol. The lowest BCUT2D eigenvalue weighted by atomic mass is 9.98. The van der Waals surface area contributed by atoms with Crippen LogP contribution in [0, 0.1) is 5.92 Å². The van der Waals surface area contributed by atoms with Crippen molar-refractivity contribution < 1.29 is 77.8 Å². The third-order valence-corrected chi connectivity index (χ3v) is 31.5. The molecule has 692 valence electrons. The van der Waals surface area contributed by atoms with E-state index in [4.69, 9.17) is 23.7 Å². The molecule has 20 heterocycles. The number of pyridine rings is 4. The Morgan fingerprint density at radius 1 is 0.328 bits per heavy atom. The minimum atomic E-state index is -3.67. The number of para-hydroxylation sites is 4. The second-order valence-electron chi connectivity index (χ2n) is 34.8. The summed E-state index contributed by atoms with van der Waals surface area (Å²) in [6.07, 6.45) is 6.18. The van der Waals surface area contributed by atoms with Crippen LogP contribution in [-0.2, 0) is 4.74 Å². The molecule has 4 atom stereocenters. The quantitative estimate of drug-likeness (QED) is 0.0662. The van der Waals surface area contributed by atoms with Gasteiger partial charge in [-0.2, -0.15) is 0 Å². The molecule has 12 aromatic heterocycles. The van der Waals surface area contributed by atoms with Gasteiger partial charge in [0.25, 0.3) is 0 Å². The lowest BCUT2D eigenvalue weighted by Gasteiger charge is -2.36. The number of piperidine rings is 2. The average molecular weight is 1900 g/mol. The van der Waals surface area contributed by atoms with E-state index in [0.717, 1.165) is 170 Å². The molecule has 4 fully saturated rings. The van der Waals surface area contributed by atoms with Crippen LogP contribution in [0.15, 0.2) is 195 Å². The number of hydrogen-bond donors (Lipinski definition) is 4. The summed E-state index contributed by atoms with van der Waals surface area (Å²) in [4.78, 5) is 53.2. The molecule has 24 rings (SSSR count). The molecule has 0 spiro atoms. The van der Waals surface area contributed by atoms with Gasteiger partial charge < -0.3 is 67.5 Å². The smallest absolute Gasteiger partial charge is 0.395 e. The topological polar surface area (TPSA) is 214 Å². The molecular formula is C100H93F8N13O9S4. The van der Waals surface area contributed by atoms with Gasteiger partial charge >= 0.3 is 25.2 Å². The zero-order chi connectivity index (χ0) is 92.1. The number of thiophene rings is 4. The summed E-state index contributed by atoms with van der Waals surface area (Å²) in [6, 6.07) is 46.6. The second-order valence-corrected chi connectivity index (χ2v) is 39.3. The van der Waals surface area contributed by atoms with Crippen molar-refractivity contribution in [3.63, 3.8) is 0 Å². The molecule has 8 aliphatic heterocycles. The molecule has 0 saturated carbocycles. The number of likely N-dealkylation sites (tertiary alicyclic amines) is 2. The summed E-state index contributed by atoms with van der Waals surface area (Å²) >= 11 is 7.09. The molecule has 0 radical (unpaired) electrons. The van der Waals surface area contributed by atoms with Crippen LogP contribution in [0.1, 0.15) is 110 Å². The molecule has 16 aromatic rings. The van der Waals surface area contributed by atoms with Gasteiger partial charge in [0.05, 0.1) is 13.2 Å². The third-order valence-electron chi connectivity index (χ3n) is 26.3. The van der Waals surface area contributed by atoms with Gasteiger partial charge in [-0.1, -0.05) is 61.9 Å². The number of aromatic amines is 4. The van der Waals surface area contributed by atoms with E-state index in [9.17, 15) is 35.1 Å². The van der Waals surface area contributed by atoms with Crippen molar-refractivity contribution >= 4 is 89.5 Å². The number of morpholine rings is 1. The first-order valence-electron chi connectivity index (χ1n) is 44.8. The van der Waals surface area contributed by atoms with Gasteiger partial charge in [-0.15, -0.1) is 80.5 Å². The van der Waals surface area contributed by atoms with Crippen molar-refractivity contribution in [3.8, 4) is 132 Å². The van der Waals surface area contributed by atoms with Gasteiger partial charge in [-0.25, -0.2) is 19.9 Å². The summed E-state index contributed by atoms with van der Waals surface area (Å²) in [5.74, 6) is 1.09. The Morgan fingerprint density at radius 3 is 0.903 bits per heavy atom. The molecule has 4 N–H and O–H groups in total. The van der Waals surface area contributed by atoms with E-state index in [1.807, 2.05) is 30.9 Å². The van der Waals surface area contributed by atoms with Crippen molar-refractivity contribution in [1.29, 1.82) is 0 Å². The van der Waals surface area contributed by atoms with Crippen molar-refractivity contribution in [1.82, 2.24) is 64.4 Å². The second kappa shape index (κ2) is 36.0. The van der Waals surface area contributed by atoms with Gasteiger partial charge in [-0.05, 0) is 190 Å². The highest BCUT2D eigenvalue weighted by molar-refractivity contribution is 7.16. The number of ether oxygens (including phenoxy) is 9. The Labute approximate surface area is 781 Å². The Balaban J connectivity index is 0.000000107. The summed E-state index contributed by atoms with van der Waals surface area (Å²) in [5.41, 5.74) is 11.8. The molecule has 4 aromatic carbocycles. The maximum Gasteiger partial charge on any atom is 0.586 e. The number of piperazine rings is 1. The minimum Gasteiger partial charge on any atom is -0.395 e. The largest absolute Gasteiger partial charge is 0.586 e. The van der Waals surface area contributed by atoms with Gasteiger partial charge in [0.2, 0.25) is 0 Å². The number of fused-ring (bicyclic) bond motifs is 8. The van der Waals surface area contributed by atoms with E-state index in [-0.39, 0.29) is 46.0 Å². The molecule has 134 heavy (non-hydrogen) atoms. The lowest BCUT2D eigenvalue weighted by molar-refractivity contribution is -0.287. The number of nitrogens with zero attached hydrogens (tertiary/aromatic N) is 9. The first-order chi connectivity index (χ1) is 64.7. The number of likely N-dealkylation sites (N-methyl/N-ethyl adjacent to an activating group) is 1. The summed E-state index contributed by atoms with van der Waals surface area (Å²) < 4.78 is 153. The zero-order valence-electron chi connectivity index (χ0n) is 73.7. The molecule has 22 nitrogen and oxygen atoms in total. The monoisotopic (exact) mass is 1900 g/mol.